The monoisotopic (exact) mass is 549 g/mol. The van der Waals surface area contributed by atoms with Crippen LogP contribution in [0.15, 0.2) is 24.3 Å². The molecule has 1 aliphatic heterocycles. The van der Waals surface area contributed by atoms with E-state index in [0.717, 1.165) is 36.1 Å². The molecule has 1 atom stereocenters. The van der Waals surface area contributed by atoms with E-state index in [0.29, 0.717) is 52.8 Å². The Kier molecular flexibility index (Phi) is 6.25. The van der Waals surface area contributed by atoms with Gasteiger partial charge < -0.3 is 29.6 Å². The van der Waals surface area contributed by atoms with Crippen LogP contribution in [0, 0.1) is 5.92 Å². The molecule has 40 heavy (non-hydrogen) atoms. The molecule has 0 spiro atoms. The number of hydrogen-bond acceptors (Lipinski definition) is 6. The van der Waals surface area contributed by atoms with Gasteiger partial charge in [0.1, 0.15) is 23.4 Å². The molecular weight excluding hydrogens is 517 g/mol. The summed E-state index contributed by atoms with van der Waals surface area (Å²) >= 11 is 0. The Morgan fingerprint density at radius 1 is 1.20 bits per heavy atom. The maximum Gasteiger partial charge on any atom is 0.405 e. The smallest absolute Gasteiger partial charge is 0.405 e. The van der Waals surface area contributed by atoms with Gasteiger partial charge in [-0.2, -0.15) is 0 Å². The number of carbonyl (C=O) groups is 2. The Morgan fingerprint density at radius 2 is 1.98 bits per heavy atom. The fourth-order valence-electron chi connectivity index (χ4n) is 5.41. The lowest BCUT2D eigenvalue weighted by Crippen LogP contribution is -2.48. The standard InChI is InChI=1S/C28H32FN7O4/c1-28(2,40)22-7-6-16-10-21(36(23(16)33-22)13-15-4-5-15)25-32-20-11-18-19(31-24(20)34(25)3)8-9-35(26(18)37)14-17(12-29)30-27(38)39/h6-7,10-11,15,17,30,40H,4-5,8-9,12-14H2,1-3H3,(H,38,39). The Morgan fingerprint density at radius 3 is 2.65 bits per heavy atom. The first-order valence-electron chi connectivity index (χ1n) is 13.5. The van der Waals surface area contributed by atoms with Crippen LogP contribution in [0.25, 0.3) is 33.7 Å². The first kappa shape index (κ1) is 26.2. The van der Waals surface area contributed by atoms with E-state index in [9.17, 15) is 19.1 Å². The summed E-state index contributed by atoms with van der Waals surface area (Å²) in [6, 6.07) is 6.59. The molecule has 0 bridgehead atoms. The minimum atomic E-state index is -1.33. The van der Waals surface area contributed by atoms with Crippen LogP contribution in [0.5, 0.6) is 0 Å². The van der Waals surface area contributed by atoms with Crippen LogP contribution in [-0.2, 0) is 25.6 Å². The molecule has 6 rings (SSSR count). The number of halogens is 1. The number of aromatic nitrogens is 5. The van der Waals surface area contributed by atoms with Crippen LogP contribution < -0.4 is 5.32 Å². The van der Waals surface area contributed by atoms with E-state index in [1.165, 1.54) is 4.90 Å². The molecule has 12 heteroatoms. The quantitative estimate of drug-likeness (QED) is 0.307. The predicted molar refractivity (Wildman–Crippen MR) is 146 cm³/mol. The molecule has 210 valence electrons. The maximum atomic E-state index is 13.4. The summed E-state index contributed by atoms with van der Waals surface area (Å²) in [6.45, 7) is 3.58. The zero-order chi connectivity index (χ0) is 28.3. The highest BCUT2D eigenvalue weighted by atomic mass is 19.1. The number of fused-ring (bicyclic) bond motifs is 3. The summed E-state index contributed by atoms with van der Waals surface area (Å²) < 4.78 is 17.5. The minimum absolute atomic E-state index is 0.0620. The Bertz CT molecular complexity index is 1650. The topological polar surface area (TPSA) is 138 Å². The van der Waals surface area contributed by atoms with Crippen LogP contribution in [0.4, 0.5) is 9.18 Å². The van der Waals surface area contributed by atoms with E-state index in [-0.39, 0.29) is 12.5 Å². The van der Waals surface area contributed by atoms with Crippen LogP contribution >= 0.6 is 0 Å². The lowest BCUT2D eigenvalue weighted by Gasteiger charge is -2.30. The van der Waals surface area contributed by atoms with Crippen molar-refractivity contribution >= 4 is 34.2 Å². The van der Waals surface area contributed by atoms with Crippen molar-refractivity contribution in [2.75, 3.05) is 19.8 Å². The second-order valence-electron chi connectivity index (χ2n) is 11.4. The molecule has 2 aliphatic rings. The SMILES string of the molecule is Cn1c(-c2cc3ccc(C(C)(C)O)nc3n2CC2CC2)nc2cc3c(nc21)CCN(CC(CF)NC(=O)O)C3=O. The average Bonchev–Trinajstić information content (AvgIpc) is 3.58. The highest BCUT2D eigenvalue weighted by Gasteiger charge is 2.31. The second kappa shape index (κ2) is 9.54. The normalized spacial score (nSPS) is 16.5. The molecule has 0 aromatic carbocycles. The number of imidazole rings is 1. The van der Waals surface area contributed by atoms with E-state index < -0.39 is 24.4 Å². The van der Waals surface area contributed by atoms with Gasteiger partial charge in [0.05, 0.1) is 28.7 Å². The molecule has 5 heterocycles. The first-order valence-corrected chi connectivity index (χ1v) is 13.5. The summed E-state index contributed by atoms with van der Waals surface area (Å²) in [4.78, 5) is 40.3. The molecule has 4 aromatic heterocycles. The number of carboxylic acid groups (broad SMARTS) is 1. The molecule has 3 N–H and O–H groups in total. The van der Waals surface area contributed by atoms with Crippen LogP contribution in [0.1, 0.15) is 48.4 Å². The molecule has 0 radical (unpaired) electrons. The van der Waals surface area contributed by atoms with Crippen LogP contribution in [-0.4, -0.2) is 77.0 Å². The van der Waals surface area contributed by atoms with E-state index in [4.69, 9.17) is 20.1 Å². The maximum absolute atomic E-state index is 13.4. The number of nitrogens with zero attached hydrogens (tertiary/aromatic N) is 6. The fraction of sp³-hybridized carbons (Fsp3) is 0.464. The number of aryl methyl sites for hydroxylation is 1. The van der Waals surface area contributed by atoms with Gasteiger partial charge in [-0.15, -0.1) is 0 Å². The fourth-order valence-corrected chi connectivity index (χ4v) is 5.41. The summed E-state index contributed by atoms with van der Waals surface area (Å²) in [5, 5.41) is 22.6. The van der Waals surface area contributed by atoms with E-state index in [1.807, 2.05) is 23.7 Å². The van der Waals surface area contributed by atoms with Crippen molar-refractivity contribution in [2.45, 2.75) is 51.3 Å². The van der Waals surface area contributed by atoms with Gasteiger partial charge in [-0.3, -0.25) is 4.79 Å². The number of amides is 2. The number of aliphatic hydroxyl groups is 1. The van der Waals surface area contributed by atoms with E-state index in [2.05, 4.69) is 16.0 Å². The van der Waals surface area contributed by atoms with Crippen molar-refractivity contribution in [3.63, 3.8) is 0 Å². The molecule has 1 saturated carbocycles. The first-order chi connectivity index (χ1) is 19.0. The summed E-state index contributed by atoms with van der Waals surface area (Å²) in [6.07, 6.45) is 1.45. The van der Waals surface area contributed by atoms with Crippen molar-refractivity contribution in [3.05, 3.63) is 41.2 Å². The number of rotatable bonds is 8. The lowest BCUT2D eigenvalue weighted by atomic mass is 10.0. The van der Waals surface area contributed by atoms with Crippen molar-refractivity contribution in [1.29, 1.82) is 0 Å². The largest absolute Gasteiger partial charge is 0.465 e. The van der Waals surface area contributed by atoms with Gasteiger partial charge in [0.25, 0.3) is 5.91 Å². The van der Waals surface area contributed by atoms with Crippen LogP contribution in [0.2, 0.25) is 0 Å². The molecule has 2 amide bonds. The third-order valence-corrected chi connectivity index (χ3v) is 7.75. The molecule has 0 saturated heterocycles. The van der Waals surface area contributed by atoms with Crippen molar-refractivity contribution in [3.8, 4) is 11.5 Å². The van der Waals surface area contributed by atoms with Gasteiger partial charge >= 0.3 is 6.09 Å². The summed E-state index contributed by atoms with van der Waals surface area (Å²) in [5.41, 5.74) is 3.45. The molecule has 1 unspecified atom stereocenters. The van der Waals surface area contributed by atoms with Gasteiger partial charge in [-0.05, 0) is 56.9 Å². The average molecular weight is 550 g/mol. The predicted octanol–water partition coefficient (Wildman–Crippen LogP) is 3.23. The van der Waals surface area contributed by atoms with Crippen LogP contribution in [0.3, 0.4) is 0 Å². The Hall–Kier alpha value is -4.06. The van der Waals surface area contributed by atoms with Gasteiger partial charge in [0.15, 0.2) is 11.5 Å². The zero-order valence-electron chi connectivity index (χ0n) is 22.7. The third kappa shape index (κ3) is 4.66. The van der Waals surface area contributed by atoms with E-state index in [1.54, 1.807) is 19.9 Å². The van der Waals surface area contributed by atoms with Gasteiger partial charge in [-0.1, -0.05) is 0 Å². The minimum Gasteiger partial charge on any atom is -0.465 e. The van der Waals surface area contributed by atoms with Crippen molar-refractivity contribution in [2.24, 2.45) is 13.0 Å². The molecule has 1 fully saturated rings. The van der Waals surface area contributed by atoms with Gasteiger partial charge in [-0.25, -0.2) is 24.1 Å². The molecule has 1 aliphatic carbocycles. The molecule has 4 aromatic rings. The van der Waals surface area contributed by atoms with Crippen molar-refractivity contribution in [1.82, 2.24) is 34.3 Å². The highest BCUT2D eigenvalue weighted by Crippen LogP contribution is 2.36. The number of alkyl halides is 1. The van der Waals surface area contributed by atoms with E-state index >= 15 is 0 Å². The van der Waals surface area contributed by atoms with Crippen molar-refractivity contribution < 1.29 is 24.2 Å². The number of carbonyl (C=O) groups excluding carboxylic acids is 1. The second-order valence-corrected chi connectivity index (χ2v) is 11.4. The number of hydrogen-bond donors (Lipinski definition) is 3. The third-order valence-electron chi connectivity index (χ3n) is 7.75. The number of pyridine rings is 2. The Balaban J connectivity index is 1.40. The highest BCUT2D eigenvalue weighted by molar-refractivity contribution is 5.99. The number of nitrogens with one attached hydrogen (secondary N) is 1. The molecule has 11 nitrogen and oxygen atoms in total. The zero-order valence-corrected chi connectivity index (χ0v) is 22.7. The summed E-state index contributed by atoms with van der Waals surface area (Å²) in [7, 11) is 1.90. The Labute approximate surface area is 229 Å². The van der Waals surface area contributed by atoms with Gasteiger partial charge in [0, 0.05) is 38.5 Å². The summed E-state index contributed by atoms with van der Waals surface area (Å²) in [5.74, 6) is 0.940. The van der Waals surface area contributed by atoms with Gasteiger partial charge in [0.2, 0.25) is 0 Å². The molecular formula is C28H32FN7O4. The lowest BCUT2D eigenvalue weighted by molar-refractivity contribution is 0.0711.